The van der Waals surface area contributed by atoms with Crippen LogP contribution in [0.2, 0.25) is 0 Å². The molecule has 0 bridgehead atoms. The van der Waals surface area contributed by atoms with Gasteiger partial charge in [-0.3, -0.25) is 5.84 Å². The quantitative estimate of drug-likeness (QED) is 0.402. The van der Waals surface area contributed by atoms with Crippen molar-refractivity contribution >= 4 is 11.7 Å². The van der Waals surface area contributed by atoms with Gasteiger partial charge in [-0.1, -0.05) is 38.0 Å². The smallest absolute Gasteiger partial charge is 0.307 e. The summed E-state index contributed by atoms with van der Waals surface area (Å²) in [7, 11) is 0. The number of nitrogens with zero attached hydrogens (tertiary/aromatic N) is 1. The summed E-state index contributed by atoms with van der Waals surface area (Å²) in [6, 6.07) is 9.06. The summed E-state index contributed by atoms with van der Waals surface area (Å²) in [5.41, 5.74) is 3.16. The zero-order chi connectivity index (χ0) is 12.5. The fraction of sp³-hybridized carbons (Fsp3) is 0.417. The molecule has 17 heavy (non-hydrogen) atoms. The van der Waals surface area contributed by atoms with Gasteiger partial charge in [0.15, 0.2) is 0 Å². The van der Waals surface area contributed by atoms with E-state index in [1.165, 1.54) is 5.01 Å². The fourth-order valence-corrected chi connectivity index (χ4v) is 1.46. The van der Waals surface area contributed by atoms with Gasteiger partial charge in [-0.25, -0.2) is 9.80 Å². The van der Waals surface area contributed by atoms with Crippen LogP contribution in [0.4, 0.5) is 10.5 Å². The lowest BCUT2D eigenvalue weighted by atomic mass is 10.2. The number of hydrogen-bond acceptors (Lipinski definition) is 3. The molecule has 1 rings (SSSR count). The molecule has 2 amide bonds. The molecule has 0 aromatic heterocycles. The minimum atomic E-state index is -0.241. The summed E-state index contributed by atoms with van der Waals surface area (Å²) in [6.07, 6.45) is 3.12. The molecule has 0 unspecified atom stereocenters. The number of para-hydroxylation sites is 1. The molecule has 0 saturated carbocycles. The Labute approximate surface area is 102 Å². The van der Waals surface area contributed by atoms with Crippen LogP contribution in [0.5, 0.6) is 0 Å². The second-order valence-electron chi connectivity index (χ2n) is 3.78. The first-order valence-corrected chi connectivity index (χ1v) is 5.87. The minimum absolute atomic E-state index is 0.241. The average Bonchev–Trinajstić information content (AvgIpc) is 2.36. The Morgan fingerprint density at radius 1 is 1.29 bits per heavy atom. The van der Waals surface area contributed by atoms with Crippen LogP contribution in [-0.2, 0) is 0 Å². The molecule has 5 nitrogen and oxygen atoms in total. The predicted octanol–water partition coefficient (Wildman–Crippen LogP) is 2.09. The number of urea groups is 1. The number of unbranched alkanes of at least 4 members (excludes halogenated alkanes) is 2. The Balaban J connectivity index is 2.43. The van der Waals surface area contributed by atoms with Gasteiger partial charge in [0.05, 0.1) is 0 Å². The minimum Gasteiger partial charge on any atom is -0.307 e. The van der Waals surface area contributed by atoms with Crippen LogP contribution < -0.4 is 16.7 Å². The highest BCUT2D eigenvalue weighted by molar-refractivity contribution is 5.88. The molecule has 0 aliphatic heterocycles. The maximum atomic E-state index is 11.8. The molecule has 5 heteroatoms. The summed E-state index contributed by atoms with van der Waals surface area (Å²) >= 11 is 0. The van der Waals surface area contributed by atoms with Crippen molar-refractivity contribution in [1.82, 2.24) is 10.5 Å². The van der Waals surface area contributed by atoms with Gasteiger partial charge in [-0.05, 0) is 18.6 Å². The van der Waals surface area contributed by atoms with E-state index in [-0.39, 0.29) is 6.03 Å². The molecular weight excluding hydrogens is 216 g/mol. The van der Waals surface area contributed by atoms with Gasteiger partial charge < -0.3 is 5.32 Å². The summed E-state index contributed by atoms with van der Waals surface area (Å²) in [5.74, 6) is 5.32. The van der Waals surface area contributed by atoms with E-state index in [4.69, 9.17) is 5.84 Å². The van der Waals surface area contributed by atoms with E-state index in [9.17, 15) is 4.79 Å². The van der Waals surface area contributed by atoms with E-state index in [0.29, 0.717) is 6.54 Å². The number of amides is 2. The lowest BCUT2D eigenvalue weighted by molar-refractivity contribution is 0.183. The van der Waals surface area contributed by atoms with Crippen molar-refractivity contribution in [2.75, 3.05) is 11.9 Å². The molecular formula is C12H20N4O. The van der Waals surface area contributed by atoms with Crippen molar-refractivity contribution in [3.8, 4) is 0 Å². The highest BCUT2D eigenvalue weighted by atomic mass is 16.2. The number of hydrogen-bond donors (Lipinski definition) is 3. The Kier molecular flexibility index (Phi) is 6.06. The molecule has 4 N–H and O–H groups in total. The van der Waals surface area contributed by atoms with Crippen molar-refractivity contribution < 1.29 is 4.79 Å². The molecule has 0 radical (unpaired) electrons. The van der Waals surface area contributed by atoms with Crippen molar-refractivity contribution in [3.05, 3.63) is 30.3 Å². The second kappa shape index (κ2) is 7.65. The topological polar surface area (TPSA) is 70.4 Å². The van der Waals surface area contributed by atoms with E-state index in [0.717, 1.165) is 24.9 Å². The summed E-state index contributed by atoms with van der Waals surface area (Å²) in [6.45, 7) is 2.72. The summed E-state index contributed by atoms with van der Waals surface area (Å²) in [5, 5.41) is 4.14. The second-order valence-corrected chi connectivity index (χ2v) is 3.78. The molecule has 0 aliphatic carbocycles. The maximum Gasteiger partial charge on any atom is 0.337 e. The van der Waals surface area contributed by atoms with E-state index < -0.39 is 0 Å². The molecule has 94 valence electrons. The molecule has 0 heterocycles. The molecule has 0 aliphatic rings. The van der Waals surface area contributed by atoms with Gasteiger partial charge in [0, 0.05) is 12.2 Å². The van der Waals surface area contributed by atoms with Crippen molar-refractivity contribution in [1.29, 1.82) is 0 Å². The zero-order valence-electron chi connectivity index (χ0n) is 10.1. The van der Waals surface area contributed by atoms with E-state index in [1.807, 2.05) is 30.3 Å². The largest absolute Gasteiger partial charge is 0.337 e. The number of hydrazine groups is 2. The SMILES string of the molecule is CCCCCN(NN)C(=O)Nc1ccccc1. The monoisotopic (exact) mass is 236 g/mol. The molecule has 0 spiro atoms. The van der Waals surface area contributed by atoms with E-state index in [1.54, 1.807) is 0 Å². The first-order chi connectivity index (χ1) is 8.27. The third kappa shape index (κ3) is 4.84. The summed E-state index contributed by atoms with van der Waals surface area (Å²) < 4.78 is 0. The Morgan fingerprint density at radius 2 is 2.00 bits per heavy atom. The Bertz CT molecular complexity index is 329. The van der Waals surface area contributed by atoms with Crippen LogP contribution in [-0.4, -0.2) is 17.6 Å². The Hall–Kier alpha value is -1.59. The maximum absolute atomic E-state index is 11.8. The normalized spacial score (nSPS) is 10.0. The van der Waals surface area contributed by atoms with Crippen LogP contribution in [0.3, 0.4) is 0 Å². The predicted molar refractivity (Wildman–Crippen MR) is 69.0 cm³/mol. The fourth-order valence-electron chi connectivity index (χ4n) is 1.46. The first kappa shape index (κ1) is 13.5. The van der Waals surface area contributed by atoms with Gasteiger partial charge >= 0.3 is 6.03 Å². The average molecular weight is 236 g/mol. The third-order valence-corrected chi connectivity index (χ3v) is 2.41. The zero-order valence-corrected chi connectivity index (χ0v) is 10.1. The molecule has 1 aromatic carbocycles. The number of anilines is 1. The van der Waals surface area contributed by atoms with Crippen LogP contribution in [0.15, 0.2) is 30.3 Å². The number of rotatable bonds is 6. The van der Waals surface area contributed by atoms with Gasteiger partial charge in [0.25, 0.3) is 0 Å². The summed E-state index contributed by atoms with van der Waals surface area (Å²) in [4.78, 5) is 11.8. The lowest BCUT2D eigenvalue weighted by Gasteiger charge is -2.21. The number of carbonyl (C=O) groups excluding carboxylic acids is 1. The highest BCUT2D eigenvalue weighted by Gasteiger charge is 2.11. The number of nitrogens with one attached hydrogen (secondary N) is 2. The Morgan fingerprint density at radius 3 is 2.59 bits per heavy atom. The van der Waals surface area contributed by atoms with Gasteiger partial charge in [-0.2, -0.15) is 5.53 Å². The number of carbonyl (C=O) groups is 1. The van der Waals surface area contributed by atoms with Crippen molar-refractivity contribution in [2.24, 2.45) is 5.84 Å². The number of benzene rings is 1. The highest BCUT2D eigenvalue weighted by Crippen LogP contribution is 2.06. The molecule has 0 fully saturated rings. The molecule has 1 aromatic rings. The number of nitrogens with two attached hydrogens (primary N) is 1. The van der Waals surface area contributed by atoms with Crippen LogP contribution in [0.25, 0.3) is 0 Å². The molecule has 0 saturated heterocycles. The van der Waals surface area contributed by atoms with Crippen LogP contribution >= 0.6 is 0 Å². The standard InChI is InChI=1S/C12H20N4O/c1-2-3-7-10-16(15-13)12(17)14-11-8-5-4-6-9-11/h4-6,8-9,15H,2-3,7,10,13H2,1H3,(H,14,17). The van der Waals surface area contributed by atoms with E-state index in [2.05, 4.69) is 17.8 Å². The third-order valence-electron chi connectivity index (χ3n) is 2.41. The van der Waals surface area contributed by atoms with Gasteiger partial charge in [0.1, 0.15) is 0 Å². The van der Waals surface area contributed by atoms with Crippen LogP contribution in [0, 0.1) is 0 Å². The van der Waals surface area contributed by atoms with Gasteiger partial charge in [0.2, 0.25) is 0 Å². The van der Waals surface area contributed by atoms with Crippen molar-refractivity contribution in [3.63, 3.8) is 0 Å². The first-order valence-electron chi connectivity index (χ1n) is 5.87. The molecule has 0 atom stereocenters. The van der Waals surface area contributed by atoms with Gasteiger partial charge in [-0.15, -0.1) is 0 Å². The van der Waals surface area contributed by atoms with Crippen molar-refractivity contribution in [2.45, 2.75) is 26.2 Å². The van der Waals surface area contributed by atoms with Crippen LogP contribution in [0.1, 0.15) is 26.2 Å². The lowest BCUT2D eigenvalue weighted by Crippen LogP contribution is -2.49. The van der Waals surface area contributed by atoms with E-state index >= 15 is 0 Å².